The van der Waals surface area contributed by atoms with E-state index in [1.165, 1.54) is 24.3 Å². The smallest absolute Gasteiger partial charge is 0.200 e. The van der Waals surface area contributed by atoms with Crippen molar-refractivity contribution < 1.29 is 29.6 Å². The molecule has 2 heterocycles. The number of hydrogen-bond donors (Lipinski definition) is 4. The van der Waals surface area contributed by atoms with Gasteiger partial charge in [-0.05, 0) is 46.2 Å². The van der Waals surface area contributed by atoms with Crippen LogP contribution in [-0.2, 0) is 12.8 Å². The van der Waals surface area contributed by atoms with E-state index in [0.29, 0.717) is 11.3 Å². The largest absolute Gasteiger partial charge is 0.508 e. The molecule has 1 aromatic heterocycles. The quantitative estimate of drug-likeness (QED) is 0.452. The summed E-state index contributed by atoms with van der Waals surface area (Å²) in [6.45, 7) is 7.04. The first-order valence-corrected chi connectivity index (χ1v) is 10.4. The number of rotatable bonds is 4. The molecule has 1 aliphatic heterocycles. The third kappa shape index (κ3) is 3.69. The van der Waals surface area contributed by atoms with Crippen LogP contribution >= 0.6 is 0 Å². The zero-order valence-electron chi connectivity index (χ0n) is 18.4. The molecule has 0 spiro atoms. The van der Waals surface area contributed by atoms with Crippen molar-refractivity contribution in [2.45, 2.75) is 52.2 Å². The van der Waals surface area contributed by atoms with Crippen molar-refractivity contribution in [3.05, 3.63) is 57.3 Å². The highest BCUT2D eigenvalue weighted by molar-refractivity contribution is 5.90. The van der Waals surface area contributed by atoms with E-state index >= 15 is 0 Å². The fraction of sp³-hybridized carbons (Fsp3) is 0.320. The van der Waals surface area contributed by atoms with Gasteiger partial charge in [0.05, 0.1) is 11.2 Å². The van der Waals surface area contributed by atoms with Crippen molar-refractivity contribution in [3.63, 3.8) is 0 Å². The van der Waals surface area contributed by atoms with Gasteiger partial charge in [0.2, 0.25) is 5.43 Å². The Morgan fingerprint density at radius 1 is 1.19 bits per heavy atom. The van der Waals surface area contributed by atoms with Crippen molar-refractivity contribution in [1.82, 2.24) is 0 Å². The second kappa shape index (κ2) is 7.60. The molecule has 4 rings (SSSR count). The molecule has 0 fully saturated rings. The number of aromatic hydroxyl groups is 3. The topological polar surface area (TPSA) is 120 Å². The van der Waals surface area contributed by atoms with Crippen molar-refractivity contribution in [3.8, 4) is 34.3 Å². The summed E-state index contributed by atoms with van der Waals surface area (Å²) < 4.78 is 11.9. The van der Waals surface area contributed by atoms with Gasteiger partial charge in [0.25, 0.3) is 0 Å². The number of benzene rings is 2. The molecule has 2 aromatic carbocycles. The predicted molar refractivity (Wildman–Crippen MR) is 120 cm³/mol. The number of ether oxygens (including phenoxy) is 1. The highest BCUT2D eigenvalue weighted by atomic mass is 16.5. The molecule has 7 heteroatoms. The van der Waals surface area contributed by atoms with Gasteiger partial charge in [-0.2, -0.15) is 0 Å². The van der Waals surface area contributed by atoms with E-state index in [1.54, 1.807) is 13.8 Å². The van der Waals surface area contributed by atoms with E-state index in [2.05, 4.69) is 0 Å². The Hall–Kier alpha value is -3.45. The van der Waals surface area contributed by atoms with Crippen LogP contribution in [0.4, 0.5) is 0 Å². The fourth-order valence-electron chi connectivity index (χ4n) is 3.89. The van der Waals surface area contributed by atoms with E-state index in [4.69, 9.17) is 9.15 Å². The highest BCUT2D eigenvalue weighted by Gasteiger charge is 2.37. The molecule has 0 radical (unpaired) electrons. The minimum absolute atomic E-state index is 0.0305. The van der Waals surface area contributed by atoms with Crippen LogP contribution in [0.3, 0.4) is 0 Å². The monoisotopic (exact) mass is 438 g/mol. The summed E-state index contributed by atoms with van der Waals surface area (Å²) in [5.74, 6) is -0.105. The Morgan fingerprint density at radius 2 is 1.91 bits per heavy atom. The second-order valence-electron chi connectivity index (χ2n) is 8.97. The first-order chi connectivity index (χ1) is 15.0. The molecule has 1 aliphatic rings. The Bertz CT molecular complexity index is 1300. The number of hydrogen-bond acceptors (Lipinski definition) is 7. The van der Waals surface area contributed by atoms with Gasteiger partial charge < -0.3 is 29.6 Å². The molecule has 0 saturated carbocycles. The van der Waals surface area contributed by atoms with E-state index < -0.39 is 17.1 Å². The Morgan fingerprint density at radius 3 is 2.53 bits per heavy atom. The number of phenolic OH excluding ortho intramolecular Hbond substituents is 3. The van der Waals surface area contributed by atoms with Gasteiger partial charge in [-0.25, -0.2) is 0 Å². The van der Waals surface area contributed by atoms with Crippen LogP contribution in [-0.4, -0.2) is 32.1 Å². The Labute approximate surface area is 184 Å². The molecule has 4 N–H and O–H groups in total. The minimum Gasteiger partial charge on any atom is -0.508 e. The van der Waals surface area contributed by atoms with Crippen molar-refractivity contribution in [1.29, 1.82) is 0 Å². The van der Waals surface area contributed by atoms with Gasteiger partial charge in [-0.3, -0.25) is 4.79 Å². The Balaban J connectivity index is 2.00. The van der Waals surface area contributed by atoms with Crippen LogP contribution in [0.25, 0.3) is 22.3 Å². The first-order valence-electron chi connectivity index (χ1n) is 10.4. The van der Waals surface area contributed by atoms with Gasteiger partial charge in [0.15, 0.2) is 0 Å². The normalized spacial score (nSPS) is 15.5. The van der Waals surface area contributed by atoms with Crippen molar-refractivity contribution in [2.24, 2.45) is 0 Å². The maximum atomic E-state index is 13.5. The molecule has 0 bridgehead atoms. The average Bonchev–Trinajstić information content (AvgIpc) is 3.12. The van der Waals surface area contributed by atoms with E-state index in [9.17, 15) is 25.2 Å². The summed E-state index contributed by atoms with van der Waals surface area (Å²) in [6.07, 6.45) is 1.76. The average molecular weight is 438 g/mol. The number of fused-ring (bicyclic) bond motifs is 2. The summed E-state index contributed by atoms with van der Waals surface area (Å²) in [5.41, 5.74) is 0.494. The molecular formula is C25H26O7. The van der Waals surface area contributed by atoms with Gasteiger partial charge in [-0.1, -0.05) is 11.6 Å². The number of aliphatic hydroxyl groups is 1. The lowest BCUT2D eigenvalue weighted by Crippen LogP contribution is -2.39. The molecule has 0 saturated heterocycles. The van der Waals surface area contributed by atoms with Crippen LogP contribution < -0.4 is 10.2 Å². The lowest BCUT2D eigenvalue weighted by molar-refractivity contribution is -0.0229. The molecule has 0 aliphatic carbocycles. The standard InChI is InChI=1S/C25H26O7/c1-12(2)5-7-15-22(28)21-19(32-24(15)14-8-6-13(26)9-17(14)27)11-18-16(23(21)29)10-20(31-18)25(3,4)30/h5-6,8-9,11,20,26-27,29-30H,7,10H2,1-4H3. The van der Waals surface area contributed by atoms with Crippen LogP contribution in [0.2, 0.25) is 0 Å². The molecule has 1 atom stereocenters. The summed E-state index contributed by atoms with van der Waals surface area (Å²) in [5, 5.41) is 41.4. The molecule has 32 heavy (non-hydrogen) atoms. The highest BCUT2D eigenvalue weighted by Crippen LogP contribution is 2.44. The maximum absolute atomic E-state index is 13.5. The first kappa shape index (κ1) is 21.8. The summed E-state index contributed by atoms with van der Waals surface area (Å²) in [7, 11) is 0. The summed E-state index contributed by atoms with van der Waals surface area (Å²) >= 11 is 0. The lowest BCUT2D eigenvalue weighted by atomic mass is 9.95. The summed E-state index contributed by atoms with van der Waals surface area (Å²) in [6, 6.07) is 5.56. The van der Waals surface area contributed by atoms with Gasteiger partial charge in [-0.15, -0.1) is 0 Å². The van der Waals surface area contributed by atoms with Crippen LogP contribution in [0.15, 0.2) is 45.1 Å². The van der Waals surface area contributed by atoms with Crippen LogP contribution in [0.5, 0.6) is 23.0 Å². The fourth-order valence-corrected chi connectivity index (χ4v) is 3.89. The van der Waals surface area contributed by atoms with Gasteiger partial charge in [0.1, 0.15) is 45.8 Å². The van der Waals surface area contributed by atoms with Gasteiger partial charge >= 0.3 is 0 Å². The third-order valence-corrected chi connectivity index (χ3v) is 5.70. The molecular weight excluding hydrogens is 412 g/mol. The molecule has 1 unspecified atom stereocenters. The SMILES string of the molecule is CC(C)=CCc1c(-c2ccc(O)cc2O)oc2cc3c(c(O)c2c1=O)CC(C(C)(C)O)O3. The summed E-state index contributed by atoms with van der Waals surface area (Å²) in [4.78, 5) is 13.5. The Kier molecular flexibility index (Phi) is 5.17. The molecule has 0 amide bonds. The zero-order chi connectivity index (χ0) is 23.4. The van der Waals surface area contributed by atoms with E-state index in [-0.39, 0.29) is 57.9 Å². The second-order valence-corrected chi connectivity index (χ2v) is 8.97. The van der Waals surface area contributed by atoms with E-state index in [0.717, 1.165) is 5.57 Å². The van der Waals surface area contributed by atoms with Crippen molar-refractivity contribution >= 4 is 11.0 Å². The van der Waals surface area contributed by atoms with E-state index in [1.807, 2.05) is 19.9 Å². The van der Waals surface area contributed by atoms with Crippen LogP contribution in [0, 0.1) is 0 Å². The third-order valence-electron chi connectivity index (χ3n) is 5.70. The van der Waals surface area contributed by atoms with Crippen molar-refractivity contribution in [2.75, 3.05) is 0 Å². The molecule has 168 valence electrons. The minimum atomic E-state index is -1.15. The maximum Gasteiger partial charge on any atom is 0.200 e. The molecule has 3 aromatic rings. The number of phenols is 3. The predicted octanol–water partition coefficient (Wildman–Crippen LogP) is 4.16. The van der Waals surface area contributed by atoms with Crippen LogP contribution in [0.1, 0.15) is 38.8 Å². The molecule has 7 nitrogen and oxygen atoms in total. The zero-order valence-corrected chi connectivity index (χ0v) is 18.4. The lowest BCUT2D eigenvalue weighted by Gasteiger charge is -2.24. The van der Waals surface area contributed by atoms with Gasteiger partial charge in [0, 0.05) is 29.7 Å². The number of allylic oxidation sites excluding steroid dienone is 2.